The first-order valence-corrected chi connectivity index (χ1v) is 9.44. The van der Waals surface area contributed by atoms with Crippen molar-refractivity contribution >= 4 is 17.1 Å². The van der Waals surface area contributed by atoms with Crippen LogP contribution in [0.5, 0.6) is 0 Å². The Morgan fingerprint density at radius 3 is 2.11 bits per heavy atom. The summed E-state index contributed by atoms with van der Waals surface area (Å²) in [5.41, 5.74) is 10.5. The second kappa shape index (κ2) is 6.44. The number of aryl methyl sites for hydroxylation is 1. The Hall–Kier alpha value is -3.32. The number of nitrogens with zero attached hydrogens (tertiary/aromatic N) is 1. The van der Waals surface area contributed by atoms with E-state index >= 15 is 0 Å². The molecule has 0 saturated carbocycles. The van der Waals surface area contributed by atoms with Gasteiger partial charge in [0.25, 0.3) is 0 Å². The molecule has 1 heteroatoms. The highest BCUT2D eigenvalue weighted by atomic mass is 15.2. The molecule has 0 fully saturated rings. The fraction of sp³-hybridized carbons (Fsp3) is 0.0769. The van der Waals surface area contributed by atoms with E-state index in [9.17, 15) is 0 Å². The molecule has 0 amide bonds. The largest absolute Gasteiger partial charge is 0.310 e. The van der Waals surface area contributed by atoms with Crippen molar-refractivity contribution < 1.29 is 0 Å². The number of fused-ring (bicyclic) bond motifs is 2. The Kier molecular flexibility index (Phi) is 3.79. The van der Waals surface area contributed by atoms with Gasteiger partial charge in [-0.3, -0.25) is 0 Å². The highest BCUT2D eigenvalue weighted by molar-refractivity contribution is 5.88. The summed E-state index contributed by atoms with van der Waals surface area (Å²) in [5.74, 6) is 0. The van der Waals surface area contributed by atoms with Gasteiger partial charge >= 0.3 is 0 Å². The molecule has 0 N–H and O–H groups in total. The molecule has 0 spiro atoms. The maximum absolute atomic E-state index is 2.40. The van der Waals surface area contributed by atoms with E-state index in [0.717, 1.165) is 6.42 Å². The van der Waals surface area contributed by atoms with Crippen LogP contribution in [0.3, 0.4) is 0 Å². The maximum atomic E-state index is 2.40. The molecule has 0 unspecified atom stereocenters. The Morgan fingerprint density at radius 1 is 0.593 bits per heavy atom. The van der Waals surface area contributed by atoms with E-state index in [0.29, 0.717) is 0 Å². The minimum absolute atomic E-state index is 0.958. The van der Waals surface area contributed by atoms with Gasteiger partial charge in [0, 0.05) is 17.8 Å². The Labute approximate surface area is 160 Å². The molecular formula is C26H21N. The zero-order chi connectivity index (χ0) is 18.2. The minimum atomic E-state index is 0.958. The second-order valence-electron chi connectivity index (χ2n) is 7.09. The van der Waals surface area contributed by atoms with E-state index in [1.165, 1.54) is 44.9 Å². The number of rotatable bonds is 2. The fourth-order valence-electron chi connectivity index (χ4n) is 4.15. The summed E-state index contributed by atoms with van der Waals surface area (Å²) in [4.78, 5) is 2.40. The van der Waals surface area contributed by atoms with E-state index in [4.69, 9.17) is 0 Å². The van der Waals surface area contributed by atoms with Gasteiger partial charge in [0.1, 0.15) is 0 Å². The molecule has 0 bridgehead atoms. The van der Waals surface area contributed by atoms with Crippen molar-refractivity contribution in [2.75, 3.05) is 4.90 Å². The van der Waals surface area contributed by atoms with Gasteiger partial charge in [-0.1, -0.05) is 72.8 Å². The van der Waals surface area contributed by atoms with Crippen LogP contribution in [0.2, 0.25) is 0 Å². The summed E-state index contributed by atoms with van der Waals surface area (Å²) in [6.07, 6.45) is 0.958. The van der Waals surface area contributed by atoms with Crippen LogP contribution in [0.4, 0.5) is 17.1 Å². The maximum Gasteiger partial charge on any atom is 0.0503 e. The van der Waals surface area contributed by atoms with E-state index in [1.54, 1.807) is 0 Å². The first-order chi connectivity index (χ1) is 13.3. The van der Waals surface area contributed by atoms with Crippen LogP contribution in [-0.2, 0) is 6.42 Å². The molecule has 130 valence electrons. The number of para-hydroxylation sites is 2. The highest BCUT2D eigenvalue weighted by Gasteiger charge is 2.25. The molecule has 5 rings (SSSR count). The van der Waals surface area contributed by atoms with E-state index in [-0.39, 0.29) is 0 Å². The van der Waals surface area contributed by atoms with Gasteiger partial charge in [-0.15, -0.1) is 0 Å². The number of anilines is 3. The van der Waals surface area contributed by atoms with Crippen LogP contribution in [0.15, 0.2) is 97.1 Å². The molecule has 0 saturated heterocycles. The SMILES string of the molecule is Cc1ccccc1-c1cccc2c1Cc1ccccc1N2c1ccccc1. The predicted octanol–water partition coefficient (Wildman–Crippen LogP) is 7.04. The van der Waals surface area contributed by atoms with Crippen molar-refractivity contribution in [2.45, 2.75) is 13.3 Å². The van der Waals surface area contributed by atoms with Crippen LogP contribution in [0.1, 0.15) is 16.7 Å². The molecule has 4 aromatic carbocycles. The van der Waals surface area contributed by atoms with Gasteiger partial charge in [0.05, 0.1) is 5.69 Å². The number of hydrogen-bond donors (Lipinski definition) is 0. The summed E-state index contributed by atoms with van der Waals surface area (Å²) < 4.78 is 0. The average Bonchev–Trinajstić information content (AvgIpc) is 2.73. The molecular weight excluding hydrogens is 326 g/mol. The Morgan fingerprint density at radius 2 is 1.26 bits per heavy atom. The molecule has 0 atom stereocenters. The molecule has 1 aliphatic rings. The van der Waals surface area contributed by atoms with Gasteiger partial charge in [-0.25, -0.2) is 0 Å². The summed E-state index contributed by atoms with van der Waals surface area (Å²) >= 11 is 0. The lowest BCUT2D eigenvalue weighted by Gasteiger charge is -2.34. The lowest BCUT2D eigenvalue weighted by molar-refractivity contribution is 1.09. The first-order valence-electron chi connectivity index (χ1n) is 9.44. The molecule has 0 radical (unpaired) electrons. The Balaban J connectivity index is 1.78. The lowest BCUT2D eigenvalue weighted by atomic mass is 9.87. The molecule has 0 aliphatic carbocycles. The van der Waals surface area contributed by atoms with E-state index in [1.807, 2.05) is 0 Å². The average molecular weight is 347 g/mol. The summed E-state index contributed by atoms with van der Waals surface area (Å²) in [7, 11) is 0. The molecule has 0 aromatic heterocycles. The molecule has 1 heterocycles. The summed E-state index contributed by atoms with van der Waals surface area (Å²) in [6, 6.07) is 34.8. The highest BCUT2D eigenvalue weighted by Crippen LogP contribution is 2.46. The van der Waals surface area contributed by atoms with Gasteiger partial charge in [-0.05, 0) is 59.0 Å². The van der Waals surface area contributed by atoms with Crippen molar-refractivity contribution in [2.24, 2.45) is 0 Å². The number of benzene rings is 4. The van der Waals surface area contributed by atoms with Crippen LogP contribution in [0, 0.1) is 6.92 Å². The third kappa shape index (κ3) is 2.63. The Bertz CT molecular complexity index is 1110. The van der Waals surface area contributed by atoms with E-state index < -0.39 is 0 Å². The van der Waals surface area contributed by atoms with Crippen molar-refractivity contribution in [1.82, 2.24) is 0 Å². The monoisotopic (exact) mass is 347 g/mol. The normalized spacial score (nSPS) is 12.4. The predicted molar refractivity (Wildman–Crippen MR) is 114 cm³/mol. The third-order valence-corrected chi connectivity index (χ3v) is 5.44. The van der Waals surface area contributed by atoms with Crippen molar-refractivity contribution in [1.29, 1.82) is 0 Å². The van der Waals surface area contributed by atoms with Crippen LogP contribution < -0.4 is 4.90 Å². The zero-order valence-electron chi connectivity index (χ0n) is 15.4. The van der Waals surface area contributed by atoms with Gasteiger partial charge < -0.3 is 4.90 Å². The summed E-state index contributed by atoms with van der Waals surface area (Å²) in [6.45, 7) is 2.19. The van der Waals surface area contributed by atoms with Crippen LogP contribution >= 0.6 is 0 Å². The topological polar surface area (TPSA) is 3.24 Å². The van der Waals surface area contributed by atoms with Gasteiger partial charge in [0.15, 0.2) is 0 Å². The molecule has 1 nitrogen and oxygen atoms in total. The first kappa shape index (κ1) is 15.9. The molecule has 27 heavy (non-hydrogen) atoms. The molecule has 1 aliphatic heterocycles. The quantitative estimate of drug-likeness (QED) is 0.331. The lowest BCUT2D eigenvalue weighted by Crippen LogP contribution is -2.19. The standard InChI is InChI=1S/C26H21N/c1-19-10-5-7-14-22(19)23-15-9-17-26-24(23)18-20-11-6-8-16-25(20)27(26)21-12-3-2-4-13-21/h2-17H,18H2,1H3. The molecule has 4 aromatic rings. The van der Waals surface area contributed by atoms with E-state index in [2.05, 4.69) is 109 Å². The minimum Gasteiger partial charge on any atom is -0.310 e. The zero-order valence-corrected chi connectivity index (χ0v) is 15.4. The van der Waals surface area contributed by atoms with Crippen molar-refractivity contribution in [3.8, 4) is 11.1 Å². The summed E-state index contributed by atoms with van der Waals surface area (Å²) in [5, 5.41) is 0. The number of hydrogen-bond acceptors (Lipinski definition) is 1. The van der Waals surface area contributed by atoms with Gasteiger partial charge in [-0.2, -0.15) is 0 Å². The van der Waals surface area contributed by atoms with Crippen molar-refractivity contribution in [3.05, 3.63) is 114 Å². The second-order valence-corrected chi connectivity index (χ2v) is 7.09. The van der Waals surface area contributed by atoms with Gasteiger partial charge in [0.2, 0.25) is 0 Å². The third-order valence-electron chi connectivity index (χ3n) is 5.44. The fourth-order valence-corrected chi connectivity index (χ4v) is 4.15. The van der Waals surface area contributed by atoms with Crippen LogP contribution in [-0.4, -0.2) is 0 Å². The van der Waals surface area contributed by atoms with Crippen molar-refractivity contribution in [3.63, 3.8) is 0 Å². The van der Waals surface area contributed by atoms with Crippen LogP contribution in [0.25, 0.3) is 11.1 Å². The smallest absolute Gasteiger partial charge is 0.0503 e.